The molecule has 0 amide bonds. The third kappa shape index (κ3) is 2.78. The summed E-state index contributed by atoms with van der Waals surface area (Å²) in [5.74, 6) is 1.69. The van der Waals surface area contributed by atoms with E-state index in [1.165, 1.54) is 0 Å². The van der Waals surface area contributed by atoms with Crippen LogP contribution in [0, 0.1) is 0 Å². The van der Waals surface area contributed by atoms with Crippen molar-refractivity contribution in [3.05, 3.63) is 66.1 Å². The largest absolute Gasteiger partial charge is 0.497 e. The monoisotopic (exact) mass is 281 g/mol. The molecule has 5 heteroatoms. The summed E-state index contributed by atoms with van der Waals surface area (Å²) in [5.41, 5.74) is 7.92. The van der Waals surface area contributed by atoms with Crippen molar-refractivity contribution in [2.45, 2.75) is 6.04 Å². The summed E-state index contributed by atoms with van der Waals surface area (Å²) in [6.45, 7) is 0. The van der Waals surface area contributed by atoms with Crippen molar-refractivity contribution in [1.82, 2.24) is 10.1 Å². The normalized spacial score (nSPS) is 12.1. The summed E-state index contributed by atoms with van der Waals surface area (Å²) in [5, 5.41) is 3.98. The molecule has 1 unspecified atom stereocenters. The van der Waals surface area contributed by atoms with Gasteiger partial charge in [-0.3, -0.25) is 0 Å². The van der Waals surface area contributed by atoms with Crippen LogP contribution in [0.2, 0.25) is 0 Å². The molecular weight excluding hydrogens is 266 g/mol. The number of ether oxygens (including phenoxy) is 1. The van der Waals surface area contributed by atoms with Gasteiger partial charge in [-0.05, 0) is 29.8 Å². The highest BCUT2D eigenvalue weighted by molar-refractivity contribution is 5.55. The Morgan fingerprint density at radius 1 is 1.05 bits per heavy atom. The summed E-state index contributed by atoms with van der Waals surface area (Å²) in [6, 6.07) is 16.7. The molecule has 5 nitrogen and oxygen atoms in total. The minimum atomic E-state index is -0.425. The fourth-order valence-corrected chi connectivity index (χ4v) is 2.02. The van der Waals surface area contributed by atoms with E-state index in [4.69, 9.17) is 15.0 Å². The number of benzene rings is 2. The number of hydrogen-bond donors (Lipinski definition) is 1. The second kappa shape index (κ2) is 5.76. The minimum Gasteiger partial charge on any atom is -0.497 e. The van der Waals surface area contributed by atoms with E-state index in [-0.39, 0.29) is 0 Å². The molecule has 3 aromatic rings. The zero-order valence-electron chi connectivity index (χ0n) is 11.6. The number of rotatable bonds is 4. The highest BCUT2D eigenvalue weighted by Gasteiger charge is 2.17. The van der Waals surface area contributed by atoms with Crippen molar-refractivity contribution in [3.8, 4) is 17.1 Å². The van der Waals surface area contributed by atoms with Gasteiger partial charge in [0.25, 0.3) is 0 Å². The summed E-state index contributed by atoms with van der Waals surface area (Å²) >= 11 is 0. The van der Waals surface area contributed by atoms with Crippen LogP contribution in [0.25, 0.3) is 11.4 Å². The molecule has 0 spiro atoms. The van der Waals surface area contributed by atoms with Crippen molar-refractivity contribution in [3.63, 3.8) is 0 Å². The Morgan fingerprint density at radius 2 is 1.76 bits per heavy atom. The first kappa shape index (κ1) is 13.3. The van der Waals surface area contributed by atoms with Crippen molar-refractivity contribution >= 4 is 0 Å². The van der Waals surface area contributed by atoms with Gasteiger partial charge in [-0.1, -0.05) is 35.5 Å². The molecule has 106 valence electrons. The molecule has 0 fully saturated rings. The summed E-state index contributed by atoms with van der Waals surface area (Å²) in [6.07, 6.45) is 0. The lowest BCUT2D eigenvalue weighted by molar-refractivity contribution is 0.367. The maximum Gasteiger partial charge on any atom is 0.248 e. The van der Waals surface area contributed by atoms with E-state index in [0.717, 1.165) is 16.9 Å². The van der Waals surface area contributed by atoms with E-state index in [0.29, 0.717) is 11.7 Å². The fourth-order valence-electron chi connectivity index (χ4n) is 2.02. The van der Waals surface area contributed by atoms with E-state index >= 15 is 0 Å². The van der Waals surface area contributed by atoms with Gasteiger partial charge in [0.1, 0.15) is 11.8 Å². The van der Waals surface area contributed by atoms with E-state index in [2.05, 4.69) is 10.1 Å². The topological polar surface area (TPSA) is 74.2 Å². The van der Waals surface area contributed by atoms with Crippen molar-refractivity contribution < 1.29 is 9.26 Å². The maximum absolute atomic E-state index is 6.14. The number of hydrogen-bond acceptors (Lipinski definition) is 5. The molecule has 1 atom stereocenters. The van der Waals surface area contributed by atoms with Crippen LogP contribution in [-0.2, 0) is 0 Å². The average molecular weight is 281 g/mol. The Bertz CT molecular complexity index is 708. The Kier molecular flexibility index (Phi) is 3.66. The molecule has 0 aliphatic carbocycles. The molecule has 2 N–H and O–H groups in total. The van der Waals surface area contributed by atoms with Gasteiger partial charge >= 0.3 is 0 Å². The summed E-state index contributed by atoms with van der Waals surface area (Å²) < 4.78 is 10.4. The molecule has 21 heavy (non-hydrogen) atoms. The molecule has 0 aliphatic heterocycles. The Balaban J connectivity index is 1.85. The van der Waals surface area contributed by atoms with Crippen LogP contribution in [0.1, 0.15) is 17.5 Å². The molecule has 3 rings (SSSR count). The third-order valence-electron chi connectivity index (χ3n) is 3.21. The number of nitrogens with two attached hydrogens (primary N) is 1. The van der Waals surface area contributed by atoms with Crippen LogP contribution >= 0.6 is 0 Å². The third-order valence-corrected chi connectivity index (χ3v) is 3.21. The molecule has 0 saturated heterocycles. The van der Waals surface area contributed by atoms with Gasteiger partial charge in [-0.25, -0.2) is 0 Å². The molecule has 0 bridgehead atoms. The molecule has 0 saturated carbocycles. The van der Waals surface area contributed by atoms with Crippen LogP contribution in [0.5, 0.6) is 5.75 Å². The summed E-state index contributed by atoms with van der Waals surface area (Å²) in [7, 11) is 1.63. The van der Waals surface area contributed by atoms with Crippen LogP contribution < -0.4 is 10.5 Å². The second-order valence-electron chi connectivity index (χ2n) is 4.57. The first-order valence-corrected chi connectivity index (χ1v) is 6.56. The van der Waals surface area contributed by atoms with Gasteiger partial charge in [-0.15, -0.1) is 0 Å². The lowest BCUT2D eigenvalue weighted by Crippen LogP contribution is -2.11. The standard InChI is InChI=1S/C16H15N3O2/c1-20-13-9-7-12(8-10-13)15-18-16(21-19-15)14(17)11-5-3-2-4-6-11/h2-10,14H,17H2,1H3. The van der Waals surface area contributed by atoms with Crippen LogP contribution in [0.4, 0.5) is 0 Å². The van der Waals surface area contributed by atoms with Gasteiger partial charge in [-0.2, -0.15) is 4.98 Å². The smallest absolute Gasteiger partial charge is 0.248 e. The predicted octanol–water partition coefficient (Wildman–Crippen LogP) is 2.79. The Morgan fingerprint density at radius 3 is 2.43 bits per heavy atom. The maximum atomic E-state index is 6.14. The SMILES string of the molecule is COc1ccc(-c2noc(C(N)c3ccccc3)n2)cc1. The van der Waals surface area contributed by atoms with E-state index in [9.17, 15) is 0 Å². The van der Waals surface area contributed by atoms with Crippen molar-refractivity contribution in [1.29, 1.82) is 0 Å². The van der Waals surface area contributed by atoms with Gasteiger partial charge in [0.2, 0.25) is 11.7 Å². The number of methoxy groups -OCH3 is 1. The molecule has 1 heterocycles. The first-order valence-electron chi connectivity index (χ1n) is 6.56. The molecule has 1 aromatic heterocycles. The highest BCUT2D eigenvalue weighted by atomic mass is 16.5. The lowest BCUT2D eigenvalue weighted by atomic mass is 10.1. The van der Waals surface area contributed by atoms with Gasteiger partial charge < -0.3 is 15.0 Å². The molecule has 0 radical (unpaired) electrons. The van der Waals surface area contributed by atoms with Gasteiger partial charge in [0, 0.05) is 5.56 Å². The minimum absolute atomic E-state index is 0.395. The second-order valence-corrected chi connectivity index (χ2v) is 4.57. The van der Waals surface area contributed by atoms with Crippen molar-refractivity contribution in [2.75, 3.05) is 7.11 Å². The van der Waals surface area contributed by atoms with E-state index in [1.54, 1.807) is 7.11 Å². The predicted molar refractivity (Wildman–Crippen MR) is 78.8 cm³/mol. The van der Waals surface area contributed by atoms with Crippen LogP contribution in [-0.4, -0.2) is 17.3 Å². The van der Waals surface area contributed by atoms with Crippen molar-refractivity contribution in [2.24, 2.45) is 5.73 Å². The van der Waals surface area contributed by atoms with Crippen LogP contribution in [0.15, 0.2) is 59.1 Å². The zero-order valence-corrected chi connectivity index (χ0v) is 11.6. The van der Waals surface area contributed by atoms with E-state index < -0.39 is 6.04 Å². The Labute approximate surface area is 122 Å². The Hall–Kier alpha value is -2.66. The quantitative estimate of drug-likeness (QED) is 0.796. The number of nitrogens with zero attached hydrogens (tertiary/aromatic N) is 2. The number of aromatic nitrogens is 2. The molecule has 0 aliphatic rings. The molecular formula is C16H15N3O2. The summed E-state index contributed by atoms with van der Waals surface area (Å²) in [4.78, 5) is 4.37. The van der Waals surface area contributed by atoms with E-state index in [1.807, 2.05) is 54.6 Å². The van der Waals surface area contributed by atoms with Gasteiger partial charge in [0.15, 0.2) is 0 Å². The fraction of sp³-hybridized carbons (Fsp3) is 0.125. The average Bonchev–Trinajstić information content (AvgIpc) is 3.05. The lowest BCUT2D eigenvalue weighted by Gasteiger charge is -2.05. The molecule has 2 aromatic carbocycles. The first-order chi connectivity index (χ1) is 10.3. The zero-order chi connectivity index (χ0) is 14.7. The van der Waals surface area contributed by atoms with Gasteiger partial charge in [0.05, 0.1) is 7.11 Å². The van der Waals surface area contributed by atoms with Crippen LogP contribution in [0.3, 0.4) is 0 Å². The highest BCUT2D eigenvalue weighted by Crippen LogP contribution is 2.23.